The molecule has 0 rings (SSSR count). The van der Waals surface area contributed by atoms with Crippen LogP contribution in [0.3, 0.4) is 0 Å². The van der Waals surface area contributed by atoms with Crippen LogP contribution in [-0.2, 0) is 4.79 Å². The van der Waals surface area contributed by atoms with Gasteiger partial charge in [-0.2, -0.15) is 0 Å². The van der Waals surface area contributed by atoms with Crippen LogP contribution in [0.4, 0.5) is 0 Å². The van der Waals surface area contributed by atoms with E-state index in [1.54, 1.807) is 6.92 Å². The number of carbonyl (C=O) groups excluding carboxylic acids is 1. The summed E-state index contributed by atoms with van der Waals surface area (Å²) in [5, 5.41) is 11.3. The van der Waals surface area contributed by atoms with Crippen LogP contribution in [0.5, 0.6) is 0 Å². The average Bonchev–Trinajstić information content (AvgIpc) is 1.63. The van der Waals surface area contributed by atoms with Crippen LogP contribution in [0.15, 0.2) is 0 Å². The zero-order valence-electron chi connectivity index (χ0n) is 5.85. The van der Waals surface area contributed by atoms with Crippen molar-refractivity contribution in [2.75, 3.05) is 6.54 Å². The normalized spacial score (nSPS) is 12.8. The van der Waals surface area contributed by atoms with E-state index in [0.717, 1.165) is 0 Å². The van der Waals surface area contributed by atoms with Gasteiger partial charge >= 0.3 is 0 Å². The number of hydrogen-bond acceptors (Lipinski definition) is 2. The lowest BCUT2D eigenvalue weighted by Gasteiger charge is -2.02. The molecule has 0 aliphatic rings. The first-order chi connectivity index (χ1) is 4.16. The van der Waals surface area contributed by atoms with Crippen LogP contribution >= 0.6 is 0 Å². The molecule has 0 aromatic heterocycles. The molecule has 0 bridgehead atoms. The average molecular weight is 131 g/mol. The smallest absolute Gasteiger partial charge is 0.222 e. The largest absolute Gasteiger partial charge is 0.393 e. The molecule has 3 heteroatoms. The molecule has 0 unspecified atom stereocenters. The molecule has 0 fully saturated rings. The molecular weight excluding hydrogens is 118 g/mol. The molecule has 0 aliphatic carbocycles. The van der Waals surface area contributed by atoms with Gasteiger partial charge < -0.3 is 10.4 Å². The first-order valence-corrected chi connectivity index (χ1v) is 3.11. The van der Waals surface area contributed by atoms with Crippen molar-refractivity contribution >= 4 is 5.91 Å². The molecule has 0 aromatic carbocycles. The minimum absolute atomic E-state index is 0.0903. The maximum absolute atomic E-state index is 10.6. The van der Waals surface area contributed by atoms with Crippen molar-refractivity contribution in [2.24, 2.45) is 0 Å². The lowest BCUT2D eigenvalue weighted by atomic mass is 10.3. The van der Waals surface area contributed by atoms with Crippen molar-refractivity contribution in [3.63, 3.8) is 0 Å². The summed E-state index contributed by atoms with van der Waals surface area (Å²) in [6, 6.07) is 0. The Morgan fingerprint density at radius 1 is 1.78 bits per heavy atom. The van der Waals surface area contributed by atoms with Crippen LogP contribution in [-0.4, -0.2) is 23.7 Å². The summed E-state index contributed by atoms with van der Waals surface area (Å²) in [5.74, 6) is -0.0903. The monoisotopic (exact) mass is 131 g/mol. The number of carbonyl (C=O) groups is 1. The van der Waals surface area contributed by atoms with Crippen molar-refractivity contribution in [1.82, 2.24) is 5.32 Å². The van der Waals surface area contributed by atoms with E-state index < -0.39 is 6.10 Å². The third-order valence-electron chi connectivity index (χ3n) is 0.855. The molecule has 0 heterocycles. The molecular formula is C6H13NO2. The fraction of sp³-hybridized carbons (Fsp3) is 0.833. The van der Waals surface area contributed by atoms with E-state index in [2.05, 4.69) is 5.32 Å². The van der Waals surface area contributed by atoms with Crippen molar-refractivity contribution < 1.29 is 9.90 Å². The minimum Gasteiger partial charge on any atom is -0.393 e. The van der Waals surface area contributed by atoms with Crippen LogP contribution in [0.25, 0.3) is 0 Å². The van der Waals surface area contributed by atoms with E-state index in [4.69, 9.17) is 5.11 Å². The van der Waals surface area contributed by atoms with E-state index in [0.29, 0.717) is 6.54 Å². The van der Waals surface area contributed by atoms with Crippen LogP contribution in [0, 0.1) is 0 Å². The Labute approximate surface area is 55.1 Å². The maximum Gasteiger partial charge on any atom is 0.222 e. The van der Waals surface area contributed by atoms with Crippen molar-refractivity contribution in [2.45, 2.75) is 26.4 Å². The number of nitrogens with one attached hydrogen (secondary N) is 1. The van der Waals surface area contributed by atoms with Gasteiger partial charge in [-0.1, -0.05) is 0 Å². The Bertz CT molecular complexity index is 91.1. The summed E-state index contributed by atoms with van der Waals surface area (Å²) in [4.78, 5) is 10.6. The van der Waals surface area contributed by atoms with Gasteiger partial charge in [-0.05, 0) is 13.8 Å². The summed E-state index contributed by atoms with van der Waals surface area (Å²) in [6.45, 7) is 4.07. The van der Waals surface area contributed by atoms with Crippen molar-refractivity contribution in [3.8, 4) is 0 Å². The highest BCUT2D eigenvalue weighted by Crippen LogP contribution is 1.86. The lowest BCUT2D eigenvalue weighted by Crippen LogP contribution is -2.25. The van der Waals surface area contributed by atoms with Gasteiger partial charge in [-0.15, -0.1) is 0 Å². The van der Waals surface area contributed by atoms with Gasteiger partial charge in [-0.25, -0.2) is 0 Å². The van der Waals surface area contributed by atoms with Crippen molar-refractivity contribution in [1.29, 1.82) is 0 Å². The summed E-state index contributed by atoms with van der Waals surface area (Å²) in [6.07, 6.45) is -0.329. The molecule has 0 radical (unpaired) electrons. The first kappa shape index (κ1) is 8.43. The van der Waals surface area contributed by atoms with Gasteiger partial charge in [0.15, 0.2) is 0 Å². The first-order valence-electron chi connectivity index (χ1n) is 3.11. The predicted octanol–water partition coefficient (Wildman–Crippen LogP) is -0.107. The molecule has 2 N–H and O–H groups in total. The molecule has 1 amide bonds. The Morgan fingerprint density at radius 3 is 2.67 bits per heavy atom. The molecule has 0 spiro atoms. The molecule has 9 heavy (non-hydrogen) atoms. The molecule has 3 nitrogen and oxygen atoms in total. The second-order valence-corrected chi connectivity index (χ2v) is 2.01. The number of aliphatic hydroxyl groups is 1. The van der Waals surface area contributed by atoms with Crippen LogP contribution in [0.1, 0.15) is 20.3 Å². The number of hydrogen-bond donors (Lipinski definition) is 2. The topological polar surface area (TPSA) is 49.3 Å². The van der Waals surface area contributed by atoms with E-state index in [-0.39, 0.29) is 12.3 Å². The lowest BCUT2D eigenvalue weighted by molar-refractivity contribution is -0.122. The zero-order chi connectivity index (χ0) is 7.28. The molecule has 1 atom stereocenters. The minimum atomic E-state index is -0.531. The fourth-order valence-electron chi connectivity index (χ4n) is 0.538. The second-order valence-electron chi connectivity index (χ2n) is 2.01. The van der Waals surface area contributed by atoms with Gasteiger partial charge in [-0.3, -0.25) is 4.79 Å². The molecule has 54 valence electrons. The quantitative estimate of drug-likeness (QED) is 0.561. The molecule has 0 aliphatic heterocycles. The van der Waals surface area contributed by atoms with E-state index >= 15 is 0 Å². The number of aliphatic hydroxyl groups excluding tert-OH is 1. The van der Waals surface area contributed by atoms with Crippen LogP contribution < -0.4 is 5.32 Å². The van der Waals surface area contributed by atoms with Gasteiger partial charge in [0.05, 0.1) is 12.5 Å². The Morgan fingerprint density at radius 2 is 2.33 bits per heavy atom. The highest BCUT2D eigenvalue weighted by molar-refractivity contribution is 5.76. The third kappa shape index (κ3) is 5.30. The Balaban J connectivity index is 3.27. The second kappa shape index (κ2) is 4.32. The Kier molecular flexibility index (Phi) is 4.05. The summed E-state index contributed by atoms with van der Waals surface area (Å²) in [5.41, 5.74) is 0. The highest BCUT2D eigenvalue weighted by atomic mass is 16.3. The summed E-state index contributed by atoms with van der Waals surface area (Å²) < 4.78 is 0. The van der Waals surface area contributed by atoms with E-state index in [1.807, 2.05) is 6.92 Å². The Hall–Kier alpha value is -0.570. The van der Waals surface area contributed by atoms with Crippen molar-refractivity contribution in [3.05, 3.63) is 0 Å². The standard InChI is InChI=1S/C6H13NO2/c1-3-7-6(9)4-5(2)8/h5,8H,3-4H2,1-2H3,(H,7,9)/t5-/m1/s1. The number of amides is 1. The SMILES string of the molecule is CCNC(=O)C[C@@H](C)O. The van der Waals surface area contributed by atoms with Gasteiger partial charge in [0, 0.05) is 6.54 Å². The summed E-state index contributed by atoms with van der Waals surface area (Å²) >= 11 is 0. The predicted molar refractivity (Wildman–Crippen MR) is 35.0 cm³/mol. The van der Waals surface area contributed by atoms with Gasteiger partial charge in [0.25, 0.3) is 0 Å². The zero-order valence-corrected chi connectivity index (χ0v) is 5.85. The molecule has 0 saturated heterocycles. The maximum atomic E-state index is 10.6. The number of rotatable bonds is 3. The molecule has 0 aromatic rings. The van der Waals surface area contributed by atoms with Gasteiger partial charge in [0.1, 0.15) is 0 Å². The molecule has 0 saturated carbocycles. The van der Waals surface area contributed by atoms with E-state index in [9.17, 15) is 4.79 Å². The van der Waals surface area contributed by atoms with E-state index in [1.165, 1.54) is 0 Å². The van der Waals surface area contributed by atoms with Crippen LogP contribution in [0.2, 0.25) is 0 Å². The summed E-state index contributed by atoms with van der Waals surface area (Å²) in [7, 11) is 0. The fourth-order valence-corrected chi connectivity index (χ4v) is 0.538. The third-order valence-corrected chi connectivity index (χ3v) is 0.855. The highest BCUT2D eigenvalue weighted by Gasteiger charge is 2.02. The van der Waals surface area contributed by atoms with Gasteiger partial charge in [0.2, 0.25) is 5.91 Å².